The van der Waals surface area contributed by atoms with Crippen LogP contribution in [0.1, 0.15) is 55.4 Å². The number of nitrogens with zero attached hydrogens (tertiary/aromatic N) is 3. The van der Waals surface area contributed by atoms with Crippen LogP contribution in [0.15, 0.2) is 12.3 Å². The predicted octanol–water partition coefficient (Wildman–Crippen LogP) is 2.15. The molecule has 0 unspecified atom stereocenters. The number of primary amides is 1. The van der Waals surface area contributed by atoms with Crippen LogP contribution < -0.4 is 16.4 Å². The van der Waals surface area contributed by atoms with Crippen molar-refractivity contribution in [3.05, 3.63) is 18.0 Å². The van der Waals surface area contributed by atoms with E-state index in [2.05, 4.69) is 20.7 Å². The lowest BCUT2D eigenvalue weighted by Gasteiger charge is -2.23. The molecule has 0 aromatic carbocycles. The molecule has 2 heterocycles. The maximum atomic E-state index is 11.6. The van der Waals surface area contributed by atoms with E-state index >= 15 is 0 Å². The van der Waals surface area contributed by atoms with Crippen molar-refractivity contribution in [2.75, 3.05) is 10.6 Å². The SMILES string of the molecule is NC(=O)c1cnc2c(NC3CC3)cc(NC3CCCCC3)nn12. The lowest BCUT2D eigenvalue weighted by Crippen LogP contribution is -2.24. The topological polar surface area (TPSA) is 97.3 Å². The quantitative estimate of drug-likeness (QED) is 0.785. The number of rotatable bonds is 5. The molecule has 0 aliphatic heterocycles. The number of anilines is 2. The highest BCUT2D eigenvalue weighted by molar-refractivity contribution is 5.92. The minimum atomic E-state index is -0.516. The first-order valence-electron chi connectivity index (χ1n) is 8.42. The molecular weight excluding hydrogens is 292 g/mol. The molecule has 0 saturated heterocycles. The lowest BCUT2D eigenvalue weighted by atomic mass is 9.95. The van der Waals surface area contributed by atoms with E-state index in [1.54, 1.807) is 4.52 Å². The van der Waals surface area contributed by atoms with Crippen molar-refractivity contribution in [1.82, 2.24) is 14.6 Å². The summed E-state index contributed by atoms with van der Waals surface area (Å²) in [6, 6.07) is 2.94. The number of aromatic nitrogens is 3. The third-order valence-electron chi connectivity index (χ3n) is 4.61. The van der Waals surface area contributed by atoms with Crippen molar-refractivity contribution in [3.8, 4) is 0 Å². The highest BCUT2D eigenvalue weighted by atomic mass is 16.1. The number of hydrogen-bond donors (Lipinski definition) is 3. The Labute approximate surface area is 134 Å². The average Bonchev–Trinajstić information content (AvgIpc) is 3.24. The van der Waals surface area contributed by atoms with Gasteiger partial charge in [-0.1, -0.05) is 19.3 Å². The molecule has 2 aliphatic rings. The summed E-state index contributed by atoms with van der Waals surface area (Å²) >= 11 is 0. The molecule has 122 valence electrons. The monoisotopic (exact) mass is 314 g/mol. The van der Waals surface area contributed by atoms with Gasteiger partial charge in [0.1, 0.15) is 11.5 Å². The second-order valence-corrected chi connectivity index (χ2v) is 6.58. The van der Waals surface area contributed by atoms with Gasteiger partial charge in [0.25, 0.3) is 5.91 Å². The molecule has 0 spiro atoms. The smallest absolute Gasteiger partial charge is 0.269 e. The maximum absolute atomic E-state index is 11.6. The molecule has 2 aromatic heterocycles. The zero-order chi connectivity index (χ0) is 15.8. The molecule has 1 amide bonds. The Kier molecular flexibility index (Phi) is 3.55. The summed E-state index contributed by atoms with van der Waals surface area (Å²) in [7, 11) is 0. The Hall–Kier alpha value is -2.31. The Balaban J connectivity index is 1.70. The molecule has 0 atom stereocenters. The van der Waals surface area contributed by atoms with Gasteiger partial charge < -0.3 is 16.4 Å². The van der Waals surface area contributed by atoms with Crippen LogP contribution >= 0.6 is 0 Å². The van der Waals surface area contributed by atoms with Crippen molar-refractivity contribution in [2.45, 2.75) is 57.0 Å². The Morgan fingerprint density at radius 1 is 1.13 bits per heavy atom. The molecule has 7 heteroatoms. The van der Waals surface area contributed by atoms with Crippen molar-refractivity contribution in [2.24, 2.45) is 5.73 Å². The van der Waals surface area contributed by atoms with Crippen molar-refractivity contribution in [3.63, 3.8) is 0 Å². The van der Waals surface area contributed by atoms with E-state index in [-0.39, 0.29) is 0 Å². The minimum absolute atomic E-state index is 0.311. The lowest BCUT2D eigenvalue weighted by molar-refractivity contribution is 0.0993. The van der Waals surface area contributed by atoms with Gasteiger partial charge in [-0.15, -0.1) is 5.10 Å². The number of nitrogens with two attached hydrogens (primary N) is 1. The fraction of sp³-hybridized carbons (Fsp3) is 0.562. The molecule has 23 heavy (non-hydrogen) atoms. The molecule has 2 fully saturated rings. The number of imidazole rings is 1. The van der Waals surface area contributed by atoms with Crippen LogP contribution in [-0.2, 0) is 0 Å². The summed E-state index contributed by atoms with van der Waals surface area (Å²) in [6.07, 6.45) is 9.98. The van der Waals surface area contributed by atoms with Crippen LogP contribution in [0, 0.1) is 0 Å². The number of hydrogen-bond acceptors (Lipinski definition) is 5. The Morgan fingerprint density at radius 3 is 2.57 bits per heavy atom. The van der Waals surface area contributed by atoms with E-state index in [0.29, 0.717) is 23.4 Å². The van der Waals surface area contributed by atoms with Crippen LogP contribution in [0.2, 0.25) is 0 Å². The van der Waals surface area contributed by atoms with Gasteiger partial charge >= 0.3 is 0 Å². The van der Waals surface area contributed by atoms with E-state index in [9.17, 15) is 4.79 Å². The Bertz CT molecular complexity index is 729. The average molecular weight is 314 g/mol. The molecule has 2 aromatic rings. The van der Waals surface area contributed by atoms with E-state index < -0.39 is 5.91 Å². The number of nitrogens with one attached hydrogen (secondary N) is 2. The molecule has 4 N–H and O–H groups in total. The summed E-state index contributed by atoms with van der Waals surface area (Å²) in [4.78, 5) is 15.9. The van der Waals surface area contributed by atoms with Crippen molar-refractivity contribution in [1.29, 1.82) is 0 Å². The van der Waals surface area contributed by atoms with Gasteiger partial charge in [0.2, 0.25) is 0 Å². The molecule has 0 radical (unpaired) electrons. The minimum Gasteiger partial charge on any atom is -0.379 e. The van der Waals surface area contributed by atoms with Crippen LogP contribution in [-0.4, -0.2) is 32.6 Å². The van der Waals surface area contributed by atoms with Gasteiger partial charge in [0.15, 0.2) is 5.65 Å². The maximum Gasteiger partial charge on any atom is 0.269 e. The van der Waals surface area contributed by atoms with Crippen LogP contribution in [0.4, 0.5) is 11.5 Å². The van der Waals surface area contributed by atoms with Gasteiger partial charge in [-0.2, -0.15) is 0 Å². The number of amides is 1. The van der Waals surface area contributed by atoms with Gasteiger partial charge in [0, 0.05) is 18.2 Å². The molecule has 7 nitrogen and oxygen atoms in total. The number of carbonyl (C=O) groups is 1. The summed E-state index contributed by atoms with van der Waals surface area (Å²) in [5.74, 6) is 0.255. The third kappa shape index (κ3) is 2.95. The zero-order valence-electron chi connectivity index (χ0n) is 13.1. The summed E-state index contributed by atoms with van der Waals surface area (Å²) in [5.41, 5.74) is 7.32. The fourth-order valence-corrected chi connectivity index (χ4v) is 3.22. The highest BCUT2D eigenvalue weighted by Crippen LogP contribution is 2.29. The highest BCUT2D eigenvalue weighted by Gasteiger charge is 2.24. The number of carbonyl (C=O) groups excluding carboxylic acids is 1. The fourth-order valence-electron chi connectivity index (χ4n) is 3.22. The molecule has 2 aliphatic carbocycles. The molecular formula is C16H22N6O. The third-order valence-corrected chi connectivity index (χ3v) is 4.61. The van der Waals surface area contributed by atoms with E-state index in [4.69, 9.17) is 5.73 Å². The molecule has 4 rings (SSSR count). The predicted molar refractivity (Wildman–Crippen MR) is 88.6 cm³/mol. The normalized spacial score (nSPS) is 19.0. The summed E-state index contributed by atoms with van der Waals surface area (Å²) in [5, 5.41) is 11.5. The van der Waals surface area contributed by atoms with E-state index in [1.807, 2.05) is 6.07 Å². The van der Waals surface area contributed by atoms with Crippen LogP contribution in [0.25, 0.3) is 5.65 Å². The first-order valence-corrected chi connectivity index (χ1v) is 8.42. The number of fused-ring (bicyclic) bond motifs is 1. The van der Waals surface area contributed by atoms with E-state index in [0.717, 1.165) is 24.3 Å². The largest absolute Gasteiger partial charge is 0.379 e. The van der Waals surface area contributed by atoms with Crippen LogP contribution in [0.5, 0.6) is 0 Å². The Morgan fingerprint density at radius 2 is 1.87 bits per heavy atom. The summed E-state index contributed by atoms with van der Waals surface area (Å²) in [6.45, 7) is 0. The first kappa shape index (κ1) is 14.3. The van der Waals surface area contributed by atoms with Crippen molar-refractivity contribution >= 4 is 23.1 Å². The zero-order valence-corrected chi connectivity index (χ0v) is 13.1. The standard InChI is InChI=1S/C16H22N6O/c17-15(23)13-9-18-16-12(19-11-6-7-11)8-14(21-22(13)16)20-10-4-2-1-3-5-10/h8-11,19H,1-7H2,(H2,17,23)(H,20,21). The van der Waals surface area contributed by atoms with Gasteiger partial charge in [-0.05, 0) is 25.7 Å². The van der Waals surface area contributed by atoms with Gasteiger partial charge in [0.05, 0.1) is 11.9 Å². The van der Waals surface area contributed by atoms with Crippen LogP contribution in [0.3, 0.4) is 0 Å². The van der Waals surface area contributed by atoms with Crippen molar-refractivity contribution < 1.29 is 4.79 Å². The second kappa shape index (κ2) is 5.72. The molecule has 2 saturated carbocycles. The molecule has 0 bridgehead atoms. The summed E-state index contributed by atoms with van der Waals surface area (Å²) < 4.78 is 1.55. The first-order chi connectivity index (χ1) is 11.2. The van der Waals surface area contributed by atoms with E-state index in [1.165, 1.54) is 38.3 Å². The van der Waals surface area contributed by atoms with Gasteiger partial charge in [-0.25, -0.2) is 9.50 Å². The second-order valence-electron chi connectivity index (χ2n) is 6.58. The van der Waals surface area contributed by atoms with Gasteiger partial charge in [-0.3, -0.25) is 4.79 Å².